The van der Waals surface area contributed by atoms with Gasteiger partial charge in [-0.05, 0) is 18.6 Å². The molecule has 0 N–H and O–H groups in total. The van der Waals surface area contributed by atoms with Gasteiger partial charge >= 0.3 is 5.92 Å². The van der Waals surface area contributed by atoms with Gasteiger partial charge < -0.3 is 0 Å². The summed E-state index contributed by atoms with van der Waals surface area (Å²) in [6.07, 6.45) is 0. The number of alkyl halides is 2. The van der Waals surface area contributed by atoms with Crippen LogP contribution in [0.2, 0.25) is 0 Å². The van der Waals surface area contributed by atoms with Gasteiger partial charge in [0.15, 0.2) is 0 Å². The van der Waals surface area contributed by atoms with E-state index in [9.17, 15) is 18.0 Å². The number of Topliss-reactive ketones (excluding diaryl/α,β-unsaturated/α-hetero) is 1. The summed E-state index contributed by atoms with van der Waals surface area (Å²) in [7, 11) is 0. The molecule has 0 unspecified atom stereocenters. The zero-order valence-electron chi connectivity index (χ0n) is 7.77. The highest BCUT2D eigenvalue weighted by molar-refractivity contribution is 6.02. The summed E-state index contributed by atoms with van der Waals surface area (Å²) in [5, 5.41) is 0. The molecule has 0 aliphatic heterocycles. The standard InChI is InChI=1S/C10H9F3O/c1-6-7(4-3-5-8(6)11)9(14)10(2,12)13/h3-5H,1-2H3. The van der Waals surface area contributed by atoms with Gasteiger partial charge in [0.25, 0.3) is 0 Å². The van der Waals surface area contributed by atoms with Crippen molar-refractivity contribution in [1.82, 2.24) is 0 Å². The molecule has 0 spiro atoms. The largest absolute Gasteiger partial charge is 0.307 e. The van der Waals surface area contributed by atoms with E-state index < -0.39 is 17.5 Å². The fourth-order valence-electron chi connectivity index (χ4n) is 1.09. The molecular formula is C10H9F3O. The molecule has 0 aliphatic rings. The second-order valence-electron chi connectivity index (χ2n) is 3.13. The summed E-state index contributed by atoms with van der Waals surface area (Å²) in [4.78, 5) is 11.1. The van der Waals surface area contributed by atoms with E-state index in [0.717, 1.165) is 6.07 Å². The second-order valence-corrected chi connectivity index (χ2v) is 3.13. The van der Waals surface area contributed by atoms with Gasteiger partial charge in [0.2, 0.25) is 5.78 Å². The average molecular weight is 202 g/mol. The topological polar surface area (TPSA) is 17.1 Å². The van der Waals surface area contributed by atoms with Crippen molar-refractivity contribution in [3.63, 3.8) is 0 Å². The van der Waals surface area contributed by atoms with Crippen LogP contribution in [-0.2, 0) is 0 Å². The molecule has 0 amide bonds. The maximum Gasteiger partial charge on any atom is 0.307 e. The van der Waals surface area contributed by atoms with Crippen molar-refractivity contribution < 1.29 is 18.0 Å². The van der Waals surface area contributed by atoms with E-state index in [-0.39, 0.29) is 11.1 Å². The molecule has 0 fully saturated rings. The van der Waals surface area contributed by atoms with Crippen LogP contribution in [0.4, 0.5) is 13.2 Å². The number of carbonyl (C=O) groups is 1. The Labute approximate surface area is 79.5 Å². The first-order valence-electron chi connectivity index (χ1n) is 4.02. The first-order valence-corrected chi connectivity index (χ1v) is 4.02. The zero-order chi connectivity index (χ0) is 10.9. The van der Waals surface area contributed by atoms with E-state index in [1.807, 2.05) is 0 Å². The first kappa shape index (κ1) is 10.8. The van der Waals surface area contributed by atoms with Crippen LogP contribution in [-0.4, -0.2) is 11.7 Å². The molecule has 1 nitrogen and oxygen atoms in total. The summed E-state index contributed by atoms with van der Waals surface area (Å²) < 4.78 is 38.2. The molecule has 0 aliphatic carbocycles. The molecule has 0 atom stereocenters. The number of rotatable bonds is 2. The molecule has 0 radical (unpaired) electrons. The number of halogens is 3. The van der Waals surface area contributed by atoms with Gasteiger partial charge in [-0.25, -0.2) is 4.39 Å². The third-order valence-electron chi connectivity index (χ3n) is 1.91. The quantitative estimate of drug-likeness (QED) is 0.674. The average Bonchev–Trinajstić information content (AvgIpc) is 2.07. The highest BCUT2D eigenvalue weighted by Gasteiger charge is 2.34. The highest BCUT2D eigenvalue weighted by Crippen LogP contribution is 2.22. The lowest BCUT2D eigenvalue weighted by molar-refractivity contribution is 0.0220. The fourth-order valence-corrected chi connectivity index (χ4v) is 1.09. The Bertz CT molecular complexity index is 366. The molecule has 0 saturated carbocycles. The summed E-state index contributed by atoms with van der Waals surface area (Å²) in [6.45, 7) is 1.80. The first-order chi connectivity index (χ1) is 6.34. The normalized spacial score (nSPS) is 11.5. The predicted octanol–water partition coefficient (Wildman–Crippen LogP) is 2.97. The van der Waals surface area contributed by atoms with Gasteiger partial charge in [-0.1, -0.05) is 12.1 Å². The van der Waals surface area contributed by atoms with Crippen LogP contribution in [0.25, 0.3) is 0 Å². The lowest BCUT2D eigenvalue weighted by Crippen LogP contribution is -2.25. The number of ketones is 1. The Morgan fingerprint density at radius 1 is 1.36 bits per heavy atom. The maximum atomic E-state index is 12.9. The summed E-state index contributed by atoms with van der Waals surface area (Å²) >= 11 is 0. The Hall–Kier alpha value is -1.32. The monoisotopic (exact) mass is 202 g/mol. The number of hydrogen-bond acceptors (Lipinski definition) is 1. The summed E-state index contributed by atoms with van der Waals surface area (Å²) in [5.74, 6) is -5.46. The highest BCUT2D eigenvalue weighted by atomic mass is 19.3. The van der Waals surface area contributed by atoms with Gasteiger partial charge in [-0.3, -0.25) is 4.79 Å². The molecule has 1 aromatic rings. The minimum Gasteiger partial charge on any atom is -0.287 e. The third kappa shape index (κ3) is 1.95. The van der Waals surface area contributed by atoms with E-state index in [2.05, 4.69) is 0 Å². The Morgan fingerprint density at radius 2 is 1.93 bits per heavy atom. The minimum atomic E-state index is -3.46. The number of benzene rings is 1. The Balaban J connectivity index is 3.21. The minimum absolute atomic E-state index is 0.0426. The van der Waals surface area contributed by atoms with Crippen molar-refractivity contribution >= 4 is 5.78 Å². The van der Waals surface area contributed by atoms with E-state index in [1.165, 1.54) is 19.1 Å². The van der Waals surface area contributed by atoms with Crippen molar-refractivity contribution in [2.45, 2.75) is 19.8 Å². The molecule has 0 bridgehead atoms. The van der Waals surface area contributed by atoms with E-state index in [4.69, 9.17) is 0 Å². The lowest BCUT2D eigenvalue weighted by atomic mass is 10.0. The van der Waals surface area contributed by atoms with Crippen LogP contribution in [0, 0.1) is 12.7 Å². The van der Waals surface area contributed by atoms with Gasteiger partial charge in [0.1, 0.15) is 5.82 Å². The van der Waals surface area contributed by atoms with Crippen LogP contribution in [0.1, 0.15) is 22.8 Å². The predicted molar refractivity (Wildman–Crippen MR) is 46.1 cm³/mol. The lowest BCUT2D eigenvalue weighted by Gasteiger charge is -2.10. The van der Waals surface area contributed by atoms with Crippen LogP contribution >= 0.6 is 0 Å². The van der Waals surface area contributed by atoms with Gasteiger partial charge in [0.05, 0.1) is 0 Å². The summed E-state index contributed by atoms with van der Waals surface area (Å²) in [6, 6.07) is 3.55. The number of carbonyl (C=O) groups excluding carboxylic acids is 1. The van der Waals surface area contributed by atoms with Crippen molar-refractivity contribution in [2.24, 2.45) is 0 Å². The van der Waals surface area contributed by atoms with E-state index >= 15 is 0 Å². The van der Waals surface area contributed by atoms with Crippen LogP contribution in [0.15, 0.2) is 18.2 Å². The molecule has 0 heterocycles. The smallest absolute Gasteiger partial charge is 0.287 e. The van der Waals surface area contributed by atoms with Gasteiger partial charge in [-0.15, -0.1) is 0 Å². The molecule has 14 heavy (non-hydrogen) atoms. The molecule has 4 heteroatoms. The van der Waals surface area contributed by atoms with Gasteiger partial charge in [-0.2, -0.15) is 8.78 Å². The molecule has 0 saturated heterocycles. The van der Waals surface area contributed by atoms with Crippen molar-refractivity contribution in [1.29, 1.82) is 0 Å². The maximum absolute atomic E-state index is 12.9. The zero-order valence-corrected chi connectivity index (χ0v) is 7.77. The van der Waals surface area contributed by atoms with E-state index in [1.54, 1.807) is 0 Å². The third-order valence-corrected chi connectivity index (χ3v) is 1.91. The number of hydrogen-bond donors (Lipinski definition) is 0. The molecular weight excluding hydrogens is 193 g/mol. The molecule has 1 rings (SSSR count). The molecule has 0 aromatic heterocycles. The van der Waals surface area contributed by atoms with Crippen LogP contribution in [0.3, 0.4) is 0 Å². The van der Waals surface area contributed by atoms with Crippen molar-refractivity contribution in [2.75, 3.05) is 0 Å². The van der Waals surface area contributed by atoms with E-state index in [0.29, 0.717) is 6.92 Å². The molecule has 1 aromatic carbocycles. The molecule has 76 valence electrons. The summed E-state index contributed by atoms with van der Waals surface area (Å²) in [5.41, 5.74) is -0.309. The van der Waals surface area contributed by atoms with Crippen LogP contribution in [0.5, 0.6) is 0 Å². The Kier molecular flexibility index (Phi) is 2.64. The second kappa shape index (κ2) is 3.44. The Morgan fingerprint density at radius 3 is 2.43 bits per heavy atom. The van der Waals surface area contributed by atoms with Gasteiger partial charge in [0, 0.05) is 12.5 Å². The fraction of sp³-hybridized carbons (Fsp3) is 0.300. The van der Waals surface area contributed by atoms with Crippen LogP contribution < -0.4 is 0 Å². The van der Waals surface area contributed by atoms with Crippen molar-refractivity contribution in [3.05, 3.63) is 35.1 Å². The van der Waals surface area contributed by atoms with Crippen molar-refractivity contribution in [3.8, 4) is 0 Å². The SMILES string of the molecule is Cc1c(F)cccc1C(=O)C(C)(F)F.